The van der Waals surface area contributed by atoms with Crippen LogP contribution in [-0.2, 0) is 20.9 Å². The summed E-state index contributed by atoms with van der Waals surface area (Å²) < 4.78 is 10.0. The highest BCUT2D eigenvalue weighted by molar-refractivity contribution is 5.79. The van der Waals surface area contributed by atoms with Crippen molar-refractivity contribution in [2.75, 3.05) is 13.2 Å². The number of ether oxygens (including phenoxy) is 1. The van der Waals surface area contributed by atoms with Gasteiger partial charge in [0.1, 0.15) is 13.2 Å². The molecule has 1 aliphatic carbocycles. The molecule has 0 atom stereocenters. The standard InChI is InChI=1S/C14H21N3O5/c1-10-16-12(22-17-10)8-21-7-11(18)15-9-14(13(19)20)5-3-2-4-6-14/h2-9H2,1H3,(H,15,18)(H,19,20). The molecule has 1 fully saturated rings. The van der Waals surface area contributed by atoms with Gasteiger partial charge in [-0.2, -0.15) is 4.98 Å². The van der Waals surface area contributed by atoms with E-state index in [1.165, 1.54) is 0 Å². The van der Waals surface area contributed by atoms with Crippen LogP contribution in [0.5, 0.6) is 0 Å². The predicted molar refractivity (Wildman–Crippen MR) is 74.9 cm³/mol. The van der Waals surface area contributed by atoms with Gasteiger partial charge in [-0.15, -0.1) is 0 Å². The van der Waals surface area contributed by atoms with E-state index in [1.54, 1.807) is 6.92 Å². The molecule has 0 unspecified atom stereocenters. The van der Waals surface area contributed by atoms with E-state index in [0.717, 1.165) is 19.3 Å². The average Bonchev–Trinajstić information content (AvgIpc) is 2.91. The van der Waals surface area contributed by atoms with E-state index in [2.05, 4.69) is 15.5 Å². The average molecular weight is 311 g/mol. The van der Waals surface area contributed by atoms with Crippen LogP contribution in [-0.4, -0.2) is 40.3 Å². The number of carboxylic acid groups (broad SMARTS) is 1. The summed E-state index contributed by atoms with van der Waals surface area (Å²) in [4.78, 5) is 27.2. The first-order valence-corrected chi connectivity index (χ1v) is 7.39. The van der Waals surface area contributed by atoms with Crippen LogP contribution in [0.25, 0.3) is 0 Å². The maximum absolute atomic E-state index is 11.8. The number of hydrogen-bond acceptors (Lipinski definition) is 6. The lowest BCUT2D eigenvalue weighted by molar-refractivity contribution is -0.151. The zero-order valence-electron chi connectivity index (χ0n) is 12.6. The molecular formula is C14H21N3O5. The third-order valence-corrected chi connectivity index (χ3v) is 3.92. The largest absolute Gasteiger partial charge is 0.481 e. The Morgan fingerprint density at radius 1 is 1.36 bits per heavy atom. The second-order valence-corrected chi connectivity index (χ2v) is 5.65. The highest BCUT2D eigenvalue weighted by atomic mass is 16.5. The number of rotatable bonds is 7. The first-order valence-electron chi connectivity index (χ1n) is 7.39. The van der Waals surface area contributed by atoms with Crippen LogP contribution in [0, 0.1) is 12.3 Å². The molecule has 1 heterocycles. The zero-order chi connectivity index (χ0) is 16.0. The summed E-state index contributed by atoms with van der Waals surface area (Å²) in [6.07, 6.45) is 4.02. The summed E-state index contributed by atoms with van der Waals surface area (Å²) in [7, 11) is 0. The van der Waals surface area contributed by atoms with Crippen LogP contribution in [0.2, 0.25) is 0 Å². The third-order valence-electron chi connectivity index (χ3n) is 3.92. The van der Waals surface area contributed by atoms with Gasteiger partial charge in [0.05, 0.1) is 5.41 Å². The van der Waals surface area contributed by atoms with Gasteiger partial charge >= 0.3 is 5.97 Å². The lowest BCUT2D eigenvalue weighted by atomic mass is 9.74. The molecule has 1 aromatic heterocycles. The van der Waals surface area contributed by atoms with Crippen molar-refractivity contribution in [3.05, 3.63) is 11.7 Å². The lowest BCUT2D eigenvalue weighted by Gasteiger charge is -2.33. The number of carbonyl (C=O) groups excluding carboxylic acids is 1. The Balaban J connectivity index is 1.73. The first-order chi connectivity index (χ1) is 10.5. The van der Waals surface area contributed by atoms with Gasteiger partial charge in [-0.1, -0.05) is 24.4 Å². The number of carbonyl (C=O) groups is 2. The summed E-state index contributed by atoms with van der Waals surface area (Å²) in [6.45, 7) is 1.72. The summed E-state index contributed by atoms with van der Waals surface area (Å²) in [6, 6.07) is 0. The molecule has 8 nitrogen and oxygen atoms in total. The Kier molecular flexibility index (Phi) is 5.48. The highest BCUT2D eigenvalue weighted by Crippen LogP contribution is 2.35. The summed E-state index contributed by atoms with van der Waals surface area (Å²) in [5.74, 6) is -0.375. The van der Waals surface area contributed by atoms with E-state index in [9.17, 15) is 14.7 Å². The van der Waals surface area contributed by atoms with Gasteiger partial charge < -0.3 is 19.7 Å². The van der Waals surface area contributed by atoms with Crippen LogP contribution < -0.4 is 5.32 Å². The topological polar surface area (TPSA) is 115 Å². The van der Waals surface area contributed by atoms with Gasteiger partial charge in [-0.25, -0.2) is 0 Å². The smallest absolute Gasteiger partial charge is 0.311 e. The van der Waals surface area contributed by atoms with Crippen LogP contribution in [0.3, 0.4) is 0 Å². The van der Waals surface area contributed by atoms with E-state index in [1.807, 2.05) is 0 Å². The number of carboxylic acids is 1. The van der Waals surface area contributed by atoms with Gasteiger partial charge in [0, 0.05) is 6.54 Å². The molecule has 2 rings (SSSR count). The van der Waals surface area contributed by atoms with Crippen molar-refractivity contribution in [1.29, 1.82) is 0 Å². The molecule has 0 aliphatic heterocycles. The summed E-state index contributed by atoms with van der Waals surface area (Å²) in [5, 5.41) is 15.7. The molecule has 1 aliphatic rings. The van der Waals surface area contributed by atoms with Crippen LogP contribution >= 0.6 is 0 Å². The molecule has 8 heteroatoms. The quantitative estimate of drug-likeness (QED) is 0.773. The van der Waals surface area contributed by atoms with Gasteiger partial charge in [0.2, 0.25) is 5.91 Å². The Bertz CT molecular complexity index is 522. The van der Waals surface area contributed by atoms with Crippen molar-refractivity contribution >= 4 is 11.9 Å². The predicted octanol–water partition coefficient (Wildman–Crippen LogP) is 1.05. The Morgan fingerprint density at radius 2 is 2.09 bits per heavy atom. The number of nitrogens with one attached hydrogen (secondary N) is 1. The fourth-order valence-corrected chi connectivity index (χ4v) is 2.64. The minimum Gasteiger partial charge on any atom is -0.481 e. The van der Waals surface area contributed by atoms with Crippen molar-refractivity contribution in [2.45, 2.75) is 45.6 Å². The molecule has 1 amide bonds. The molecular weight excluding hydrogens is 290 g/mol. The van der Waals surface area contributed by atoms with Gasteiger partial charge in [0.15, 0.2) is 5.82 Å². The van der Waals surface area contributed by atoms with Gasteiger partial charge in [-0.3, -0.25) is 9.59 Å². The SMILES string of the molecule is Cc1noc(COCC(=O)NCC2(C(=O)O)CCCCC2)n1. The number of nitrogens with zero attached hydrogens (tertiary/aromatic N) is 2. The fourth-order valence-electron chi connectivity index (χ4n) is 2.64. The van der Waals surface area contributed by atoms with Gasteiger partial charge in [0.25, 0.3) is 5.89 Å². The monoisotopic (exact) mass is 311 g/mol. The normalized spacial score (nSPS) is 17.1. The molecule has 22 heavy (non-hydrogen) atoms. The maximum Gasteiger partial charge on any atom is 0.311 e. The van der Waals surface area contributed by atoms with Crippen molar-refractivity contribution in [3.63, 3.8) is 0 Å². The van der Waals surface area contributed by atoms with E-state index in [4.69, 9.17) is 9.26 Å². The number of hydrogen-bond donors (Lipinski definition) is 2. The van der Waals surface area contributed by atoms with E-state index < -0.39 is 11.4 Å². The van der Waals surface area contributed by atoms with Crippen molar-refractivity contribution < 1.29 is 24.0 Å². The number of aryl methyl sites for hydroxylation is 1. The number of aromatic nitrogens is 2. The molecule has 122 valence electrons. The highest BCUT2D eigenvalue weighted by Gasteiger charge is 2.39. The number of aliphatic carboxylic acids is 1. The van der Waals surface area contributed by atoms with E-state index in [0.29, 0.717) is 24.6 Å². The molecule has 0 radical (unpaired) electrons. The fraction of sp³-hybridized carbons (Fsp3) is 0.714. The second kappa shape index (κ2) is 7.35. The van der Waals surface area contributed by atoms with Crippen LogP contribution in [0.15, 0.2) is 4.52 Å². The van der Waals surface area contributed by atoms with Crippen molar-refractivity contribution in [2.24, 2.45) is 5.41 Å². The molecule has 0 saturated heterocycles. The molecule has 1 aromatic rings. The summed E-state index contributed by atoms with van der Waals surface area (Å²) in [5.41, 5.74) is -0.836. The minimum atomic E-state index is -0.838. The molecule has 1 saturated carbocycles. The Labute approximate surface area is 128 Å². The first kappa shape index (κ1) is 16.4. The van der Waals surface area contributed by atoms with Crippen molar-refractivity contribution in [3.8, 4) is 0 Å². The molecule has 2 N–H and O–H groups in total. The van der Waals surface area contributed by atoms with E-state index >= 15 is 0 Å². The number of amides is 1. The van der Waals surface area contributed by atoms with Crippen molar-refractivity contribution in [1.82, 2.24) is 15.5 Å². The van der Waals surface area contributed by atoms with E-state index in [-0.39, 0.29) is 25.7 Å². The maximum atomic E-state index is 11.8. The summed E-state index contributed by atoms with van der Waals surface area (Å²) >= 11 is 0. The molecule has 0 aromatic carbocycles. The third kappa shape index (κ3) is 4.27. The van der Waals surface area contributed by atoms with Crippen LogP contribution in [0.1, 0.15) is 43.8 Å². The van der Waals surface area contributed by atoms with Crippen LogP contribution in [0.4, 0.5) is 0 Å². The Morgan fingerprint density at radius 3 is 2.68 bits per heavy atom. The second-order valence-electron chi connectivity index (χ2n) is 5.65. The lowest BCUT2D eigenvalue weighted by Crippen LogP contribution is -2.45. The zero-order valence-corrected chi connectivity index (χ0v) is 12.6. The molecule has 0 spiro atoms. The molecule has 0 bridgehead atoms. The Hall–Kier alpha value is -1.96. The van der Waals surface area contributed by atoms with Gasteiger partial charge in [-0.05, 0) is 19.8 Å². The minimum absolute atomic E-state index is 0.0539.